The molecule has 7 heteroatoms. The lowest BCUT2D eigenvalue weighted by molar-refractivity contribution is 0.0866. The topological polar surface area (TPSA) is 64.6 Å². The van der Waals surface area contributed by atoms with Crippen molar-refractivity contribution in [2.24, 2.45) is 0 Å². The van der Waals surface area contributed by atoms with E-state index in [1.54, 1.807) is 6.07 Å². The summed E-state index contributed by atoms with van der Waals surface area (Å²) >= 11 is 5.96. The lowest BCUT2D eigenvalue weighted by Crippen LogP contribution is -2.12. The molecule has 0 aliphatic heterocycles. The summed E-state index contributed by atoms with van der Waals surface area (Å²) in [5.74, 6) is 0.162. The number of ether oxygens (including phenoxy) is 1. The molecule has 0 saturated carbocycles. The SMILES string of the molecule is CONCc1cc(Cl)c(OC)c(S(C)(=O)=O)c1. The minimum atomic E-state index is -3.39. The average molecular weight is 280 g/mol. The normalized spacial score (nSPS) is 11.5. The number of halogens is 1. The predicted molar refractivity (Wildman–Crippen MR) is 65.0 cm³/mol. The van der Waals surface area contributed by atoms with Gasteiger partial charge in [-0.3, -0.25) is 0 Å². The largest absolute Gasteiger partial charge is 0.494 e. The zero-order valence-electron chi connectivity index (χ0n) is 9.78. The highest BCUT2D eigenvalue weighted by Crippen LogP contribution is 2.33. The Morgan fingerprint density at radius 3 is 2.47 bits per heavy atom. The Morgan fingerprint density at radius 1 is 1.35 bits per heavy atom. The minimum Gasteiger partial charge on any atom is -0.494 e. The van der Waals surface area contributed by atoms with Gasteiger partial charge in [-0.2, -0.15) is 5.48 Å². The van der Waals surface area contributed by atoms with Crippen LogP contribution in [0.15, 0.2) is 17.0 Å². The van der Waals surface area contributed by atoms with E-state index in [0.717, 1.165) is 6.26 Å². The quantitative estimate of drug-likeness (QED) is 0.826. The van der Waals surface area contributed by atoms with Gasteiger partial charge in [0.15, 0.2) is 15.6 Å². The van der Waals surface area contributed by atoms with Crippen LogP contribution in [-0.2, 0) is 21.2 Å². The molecule has 0 heterocycles. The summed E-state index contributed by atoms with van der Waals surface area (Å²) in [4.78, 5) is 4.76. The number of hydrogen-bond acceptors (Lipinski definition) is 5. The van der Waals surface area contributed by atoms with E-state index in [4.69, 9.17) is 21.2 Å². The predicted octanol–water partition coefficient (Wildman–Crippen LogP) is 1.40. The van der Waals surface area contributed by atoms with Gasteiger partial charge in [0.05, 0.1) is 19.2 Å². The molecule has 0 fully saturated rings. The number of methoxy groups -OCH3 is 1. The molecule has 0 saturated heterocycles. The molecule has 0 spiro atoms. The van der Waals surface area contributed by atoms with E-state index in [0.29, 0.717) is 12.1 Å². The van der Waals surface area contributed by atoms with Crippen LogP contribution in [0, 0.1) is 0 Å². The first-order valence-electron chi connectivity index (χ1n) is 4.72. The zero-order chi connectivity index (χ0) is 13.1. The van der Waals surface area contributed by atoms with Gasteiger partial charge in [-0.15, -0.1) is 0 Å². The zero-order valence-corrected chi connectivity index (χ0v) is 11.4. The Morgan fingerprint density at radius 2 is 2.00 bits per heavy atom. The molecular formula is C10H14ClNO4S. The van der Waals surface area contributed by atoms with Gasteiger partial charge in [-0.05, 0) is 17.7 Å². The van der Waals surface area contributed by atoms with Crippen molar-refractivity contribution in [3.63, 3.8) is 0 Å². The molecule has 17 heavy (non-hydrogen) atoms. The van der Waals surface area contributed by atoms with E-state index in [9.17, 15) is 8.42 Å². The van der Waals surface area contributed by atoms with Crippen LogP contribution in [-0.4, -0.2) is 28.9 Å². The molecule has 1 N–H and O–H groups in total. The van der Waals surface area contributed by atoms with E-state index in [1.165, 1.54) is 20.3 Å². The molecule has 1 rings (SSSR count). The van der Waals surface area contributed by atoms with Crippen molar-refractivity contribution in [3.05, 3.63) is 22.7 Å². The maximum absolute atomic E-state index is 11.6. The van der Waals surface area contributed by atoms with Gasteiger partial charge in [0.2, 0.25) is 0 Å². The summed E-state index contributed by atoms with van der Waals surface area (Å²) < 4.78 is 28.2. The highest BCUT2D eigenvalue weighted by atomic mass is 35.5. The van der Waals surface area contributed by atoms with Crippen molar-refractivity contribution in [2.75, 3.05) is 20.5 Å². The fourth-order valence-corrected chi connectivity index (χ4v) is 2.62. The van der Waals surface area contributed by atoms with E-state index < -0.39 is 9.84 Å². The second kappa shape index (κ2) is 5.68. The van der Waals surface area contributed by atoms with Crippen molar-refractivity contribution in [3.8, 4) is 5.75 Å². The lowest BCUT2D eigenvalue weighted by atomic mass is 10.2. The third-order valence-corrected chi connectivity index (χ3v) is 3.48. The second-order valence-corrected chi connectivity index (χ2v) is 5.80. The monoisotopic (exact) mass is 279 g/mol. The van der Waals surface area contributed by atoms with Crippen molar-refractivity contribution in [2.45, 2.75) is 11.4 Å². The van der Waals surface area contributed by atoms with Crippen LogP contribution in [0.4, 0.5) is 0 Å². The summed E-state index contributed by atoms with van der Waals surface area (Å²) in [6.45, 7) is 0.350. The first kappa shape index (κ1) is 14.2. The molecule has 1 aromatic carbocycles. The fraction of sp³-hybridized carbons (Fsp3) is 0.400. The summed E-state index contributed by atoms with van der Waals surface area (Å²) in [6.07, 6.45) is 1.11. The number of nitrogens with one attached hydrogen (secondary N) is 1. The van der Waals surface area contributed by atoms with Crippen LogP contribution >= 0.6 is 11.6 Å². The van der Waals surface area contributed by atoms with E-state index in [2.05, 4.69) is 5.48 Å². The van der Waals surface area contributed by atoms with Gasteiger partial charge in [0.1, 0.15) is 4.90 Å². The Balaban J connectivity index is 3.29. The molecule has 0 radical (unpaired) electrons. The Kier molecular flexibility index (Phi) is 4.76. The molecule has 0 amide bonds. The van der Waals surface area contributed by atoms with Crippen LogP contribution in [0.3, 0.4) is 0 Å². The van der Waals surface area contributed by atoms with Gasteiger partial charge < -0.3 is 9.57 Å². The summed E-state index contributed by atoms with van der Waals surface area (Å²) in [5.41, 5.74) is 3.31. The highest BCUT2D eigenvalue weighted by Gasteiger charge is 2.18. The Labute approximate surface area is 106 Å². The summed E-state index contributed by atoms with van der Waals surface area (Å²) in [7, 11) is -0.541. The second-order valence-electron chi connectivity index (χ2n) is 3.41. The smallest absolute Gasteiger partial charge is 0.179 e. The first-order valence-corrected chi connectivity index (χ1v) is 6.99. The fourth-order valence-electron chi connectivity index (χ4n) is 1.35. The molecule has 0 aliphatic carbocycles. The van der Waals surface area contributed by atoms with E-state index in [-0.39, 0.29) is 15.7 Å². The number of rotatable bonds is 5. The third kappa shape index (κ3) is 3.57. The average Bonchev–Trinajstić information content (AvgIpc) is 2.24. The molecule has 0 bridgehead atoms. The first-order chi connectivity index (χ1) is 7.90. The van der Waals surface area contributed by atoms with Gasteiger partial charge in [0.25, 0.3) is 0 Å². The van der Waals surface area contributed by atoms with Gasteiger partial charge >= 0.3 is 0 Å². The molecule has 0 aliphatic rings. The molecular weight excluding hydrogens is 266 g/mol. The Hall–Kier alpha value is -0.820. The molecule has 5 nitrogen and oxygen atoms in total. The minimum absolute atomic E-state index is 0.0698. The van der Waals surface area contributed by atoms with Crippen molar-refractivity contribution >= 4 is 21.4 Å². The van der Waals surface area contributed by atoms with Crippen molar-refractivity contribution < 1.29 is 18.0 Å². The number of hydroxylamine groups is 1. The molecule has 96 valence electrons. The number of benzene rings is 1. The van der Waals surface area contributed by atoms with Crippen LogP contribution < -0.4 is 10.2 Å². The molecule has 0 aromatic heterocycles. The third-order valence-electron chi connectivity index (χ3n) is 2.09. The number of hydrogen-bond donors (Lipinski definition) is 1. The Bertz CT molecular complexity index is 501. The van der Waals surface area contributed by atoms with E-state index in [1.807, 2.05) is 0 Å². The maximum Gasteiger partial charge on any atom is 0.179 e. The molecule has 0 atom stereocenters. The molecule has 1 aromatic rings. The van der Waals surface area contributed by atoms with Crippen LogP contribution in [0.5, 0.6) is 5.75 Å². The summed E-state index contributed by atoms with van der Waals surface area (Å²) in [6, 6.07) is 3.13. The van der Waals surface area contributed by atoms with Gasteiger partial charge in [-0.25, -0.2) is 8.42 Å². The van der Waals surface area contributed by atoms with Gasteiger partial charge in [-0.1, -0.05) is 11.6 Å². The van der Waals surface area contributed by atoms with Gasteiger partial charge in [0, 0.05) is 12.8 Å². The summed E-state index contributed by atoms with van der Waals surface area (Å²) in [5, 5.41) is 0.253. The lowest BCUT2D eigenvalue weighted by Gasteiger charge is -2.11. The maximum atomic E-state index is 11.6. The van der Waals surface area contributed by atoms with Crippen LogP contribution in [0.1, 0.15) is 5.56 Å². The van der Waals surface area contributed by atoms with Crippen LogP contribution in [0.25, 0.3) is 0 Å². The van der Waals surface area contributed by atoms with Crippen molar-refractivity contribution in [1.82, 2.24) is 5.48 Å². The van der Waals surface area contributed by atoms with E-state index >= 15 is 0 Å². The van der Waals surface area contributed by atoms with Crippen molar-refractivity contribution in [1.29, 1.82) is 0 Å². The standard InChI is InChI=1S/C10H14ClNO4S/c1-15-10-8(11)4-7(6-12-16-2)5-9(10)17(3,13)14/h4-5,12H,6H2,1-3H3. The molecule has 0 unspecified atom stereocenters. The highest BCUT2D eigenvalue weighted by molar-refractivity contribution is 7.90. The number of sulfone groups is 1. The van der Waals surface area contributed by atoms with Crippen LogP contribution in [0.2, 0.25) is 5.02 Å².